The summed E-state index contributed by atoms with van der Waals surface area (Å²) in [6, 6.07) is 0.648. The number of ether oxygens (including phenoxy) is 1. The van der Waals surface area contributed by atoms with Crippen molar-refractivity contribution in [3.8, 4) is 0 Å². The smallest absolute Gasteiger partial charge is 0.182 e. The van der Waals surface area contributed by atoms with E-state index in [0.29, 0.717) is 6.04 Å². The molecule has 82 valence electrons. The van der Waals surface area contributed by atoms with Crippen LogP contribution in [0.3, 0.4) is 0 Å². The minimum atomic E-state index is 0.230. The molecular weight excluding hydrogens is 174 g/mol. The lowest BCUT2D eigenvalue weighted by atomic mass is 9.95. The van der Waals surface area contributed by atoms with Gasteiger partial charge in [0.25, 0.3) is 0 Å². The molecule has 2 heteroatoms. The van der Waals surface area contributed by atoms with Gasteiger partial charge in [-0.05, 0) is 33.3 Å². The van der Waals surface area contributed by atoms with E-state index in [0.717, 1.165) is 5.88 Å². The Balaban J connectivity index is 2.38. The normalized spacial score (nSPS) is 18.3. The first-order chi connectivity index (χ1) is 6.61. The van der Waals surface area contributed by atoms with Crippen LogP contribution >= 0.6 is 0 Å². The van der Waals surface area contributed by atoms with Crippen LogP contribution in [-0.4, -0.2) is 24.1 Å². The van der Waals surface area contributed by atoms with Crippen molar-refractivity contribution in [1.29, 1.82) is 0 Å². The molecule has 0 spiro atoms. The molecule has 0 bridgehead atoms. The maximum Gasteiger partial charge on any atom is 0.182 e. The molecule has 0 heterocycles. The Kier molecular flexibility index (Phi) is 4.30. The highest BCUT2D eigenvalue weighted by atomic mass is 16.5. The molecular formula is C12H23NO. The van der Waals surface area contributed by atoms with Gasteiger partial charge in [0, 0.05) is 13.1 Å². The largest absolute Gasteiger partial charge is 0.477 e. The minimum absolute atomic E-state index is 0.230. The van der Waals surface area contributed by atoms with Crippen molar-refractivity contribution in [2.45, 2.75) is 58.1 Å². The Labute approximate surface area is 87.9 Å². The Morgan fingerprint density at radius 1 is 1.29 bits per heavy atom. The van der Waals surface area contributed by atoms with E-state index in [1.165, 1.54) is 32.1 Å². The number of hydrogen-bond acceptors (Lipinski definition) is 2. The Hall–Kier alpha value is -0.660. The maximum atomic E-state index is 5.60. The van der Waals surface area contributed by atoms with Gasteiger partial charge in [0.05, 0.1) is 6.10 Å². The van der Waals surface area contributed by atoms with Gasteiger partial charge in [0.1, 0.15) is 0 Å². The van der Waals surface area contributed by atoms with Gasteiger partial charge in [-0.3, -0.25) is 0 Å². The van der Waals surface area contributed by atoms with Crippen LogP contribution in [0.2, 0.25) is 0 Å². The van der Waals surface area contributed by atoms with E-state index in [-0.39, 0.29) is 6.10 Å². The lowest BCUT2D eigenvalue weighted by Gasteiger charge is -2.34. The quantitative estimate of drug-likeness (QED) is 0.642. The lowest BCUT2D eigenvalue weighted by molar-refractivity contribution is 0.0566. The molecule has 0 aromatic carbocycles. The van der Waals surface area contributed by atoms with Gasteiger partial charge in [-0.2, -0.15) is 0 Å². The molecule has 0 aromatic rings. The van der Waals surface area contributed by atoms with Crippen molar-refractivity contribution in [2.75, 3.05) is 7.05 Å². The second-order valence-electron chi connectivity index (χ2n) is 4.46. The van der Waals surface area contributed by atoms with E-state index in [1.807, 2.05) is 13.8 Å². The van der Waals surface area contributed by atoms with Gasteiger partial charge in [-0.1, -0.05) is 19.3 Å². The van der Waals surface area contributed by atoms with Crippen molar-refractivity contribution in [1.82, 2.24) is 4.90 Å². The van der Waals surface area contributed by atoms with E-state index < -0.39 is 0 Å². The second-order valence-corrected chi connectivity index (χ2v) is 4.46. The summed E-state index contributed by atoms with van der Waals surface area (Å²) >= 11 is 0. The average Bonchev–Trinajstić information content (AvgIpc) is 2.17. The van der Waals surface area contributed by atoms with Crippen molar-refractivity contribution in [2.24, 2.45) is 0 Å². The molecule has 0 N–H and O–H groups in total. The van der Waals surface area contributed by atoms with Crippen LogP contribution in [0.15, 0.2) is 12.5 Å². The van der Waals surface area contributed by atoms with Crippen molar-refractivity contribution < 1.29 is 4.74 Å². The van der Waals surface area contributed by atoms with Crippen LogP contribution in [0.5, 0.6) is 0 Å². The third-order valence-corrected chi connectivity index (χ3v) is 2.89. The van der Waals surface area contributed by atoms with Crippen molar-refractivity contribution >= 4 is 0 Å². The van der Waals surface area contributed by atoms with Crippen molar-refractivity contribution in [3.63, 3.8) is 0 Å². The lowest BCUT2D eigenvalue weighted by Crippen LogP contribution is -2.34. The molecule has 1 rings (SSSR count). The molecule has 0 unspecified atom stereocenters. The first kappa shape index (κ1) is 11.4. The molecule has 1 fully saturated rings. The molecule has 0 atom stereocenters. The van der Waals surface area contributed by atoms with Gasteiger partial charge in [0.15, 0.2) is 5.88 Å². The fraction of sp³-hybridized carbons (Fsp3) is 0.833. The zero-order valence-electron chi connectivity index (χ0n) is 9.75. The molecule has 14 heavy (non-hydrogen) atoms. The van der Waals surface area contributed by atoms with Crippen LogP contribution in [0, 0.1) is 0 Å². The summed E-state index contributed by atoms with van der Waals surface area (Å²) in [5, 5.41) is 0. The molecule has 1 saturated carbocycles. The van der Waals surface area contributed by atoms with E-state index in [1.54, 1.807) is 0 Å². The van der Waals surface area contributed by atoms with Gasteiger partial charge >= 0.3 is 0 Å². The summed E-state index contributed by atoms with van der Waals surface area (Å²) in [5.41, 5.74) is 0. The monoisotopic (exact) mass is 197 g/mol. The highest BCUT2D eigenvalue weighted by Crippen LogP contribution is 2.24. The van der Waals surface area contributed by atoms with E-state index in [9.17, 15) is 0 Å². The number of nitrogens with zero attached hydrogens (tertiary/aromatic N) is 1. The molecule has 0 radical (unpaired) electrons. The zero-order valence-corrected chi connectivity index (χ0v) is 9.75. The third kappa shape index (κ3) is 3.24. The molecule has 2 nitrogen and oxygen atoms in total. The summed E-state index contributed by atoms with van der Waals surface area (Å²) in [5.74, 6) is 0.826. The summed E-state index contributed by atoms with van der Waals surface area (Å²) in [7, 11) is 2.10. The van der Waals surface area contributed by atoms with Crippen LogP contribution < -0.4 is 0 Å². The molecule has 1 aliphatic rings. The standard InChI is InChI=1S/C12H23NO/c1-10(2)14-11(3)13(4)12-8-6-5-7-9-12/h10,12H,3,5-9H2,1-2,4H3. The highest BCUT2D eigenvalue weighted by Gasteiger charge is 2.19. The number of rotatable bonds is 4. The van der Waals surface area contributed by atoms with Gasteiger partial charge in [0.2, 0.25) is 0 Å². The fourth-order valence-electron chi connectivity index (χ4n) is 2.03. The molecule has 1 aliphatic carbocycles. The van der Waals surface area contributed by atoms with Gasteiger partial charge < -0.3 is 9.64 Å². The highest BCUT2D eigenvalue weighted by molar-refractivity contribution is 4.88. The SMILES string of the molecule is C=C(OC(C)C)N(C)C1CCCCC1. The molecule has 0 aromatic heterocycles. The fourth-order valence-corrected chi connectivity index (χ4v) is 2.03. The predicted octanol–water partition coefficient (Wildman–Crippen LogP) is 3.15. The average molecular weight is 197 g/mol. The predicted molar refractivity (Wildman–Crippen MR) is 60.0 cm³/mol. The maximum absolute atomic E-state index is 5.60. The Bertz CT molecular complexity index is 183. The minimum Gasteiger partial charge on any atom is -0.477 e. The van der Waals surface area contributed by atoms with Crippen LogP contribution in [-0.2, 0) is 4.74 Å². The van der Waals surface area contributed by atoms with Crippen LogP contribution in [0.25, 0.3) is 0 Å². The zero-order chi connectivity index (χ0) is 10.6. The Morgan fingerprint density at radius 3 is 2.36 bits per heavy atom. The molecule has 0 aliphatic heterocycles. The second kappa shape index (κ2) is 5.28. The Morgan fingerprint density at radius 2 is 1.86 bits per heavy atom. The van der Waals surface area contributed by atoms with Crippen LogP contribution in [0.1, 0.15) is 46.0 Å². The molecule has 0 saturated heterocycles. The first-order valence-electron chi connectivity index (χ1n) is 5.69. The van der Waals surface area contributed by atoms with E-state index >= 15 is 0 Å². The van der Waals surface area contributed by atoms with Crippen LogP contribution in [0.4, 0.5) is 0 Å². The van der Waals surface area contributed by atoms with Crippen molar-refractivity contribution in [3.05, 3.63) is 12.5 Å². The van der Waals surface area contributed by atoms with Gasteiger partial charge in [-0.15, -0.1) is 0 Å². The van der Waals surface area contributed by atoms with Gasteiger partial charge in [-0.25, -0.2) is 0 Å². The molecule has 0 amide bonds. The first-order valence-corrected chi connectivity index (χ1v) is 5.69. The third-order valence-electron chi connectivity index (χ3n) is 2.89. The number of hydrogen-bond donors (Lipinski definition) is 0. The topological polar surface area (TPSA) is 12.5 Å². The summed E-state index contributed by atoms with van der Waals surface area (Å²) in [4.78, 5) is 2.21. The van der Waals surface area contributed by atoms with E-state index in [4.69, 9.17) is 4.74 Å². The summed E-state index contributed by atoms with van der Waals surface area (Å²) < 4.78 is 5.60. The van der Waals surface area contributed by atoms with E-state index in [2.05, 4.69) is 18.5 Å². The summed E-state index contributed by atoms with van der Waals surface area (Å²) in [6.07, 6.45) is 6.90. The summed E-state index contributed by atoms with van der Waals surface area (Å²) in [6.45, 7) is 8.06.